The summed E-state index contributed by atoms with van der Waals surface area (Å²) in [6.07, 6.45) is -5.71. The Morgan fingerprint density at radius 3 is 1.58 bits per heavy atom. The summed E-state index contributed by atoms with van der Waals surface area (Å²) in [7, 11) is 0. The van der Waals surface area contributed by atoms with Crippen molar-refractivity contribution >= 4 is 18.1 Å². The van der Waals surface area contributed by atoms with Gasteiger partial charge < -0.3 is 19.7 Å². The first-order valence-electron chi connectivity index (χ1n) is 2.86. The van der Waals surface area contributed by atoms with Gasteiger partial charge in [-0.1, -0.05) is 0 Å². The van der Waals surface area contributed by atoms with Crippen LogP contribution in [-0.2, 0) is 19.1 Å². The minimum Gasteiger partial charge on any atom is -0.379 e. The lowest BCUT2D eigenvalue weighted by Gasteiger charge is -2.06. The van der Waals surface area contributed by atoms with Crippen LogP contribution in [0.2, 0.25) is 0 Å². The van der Waals surface area contributed by atoms with E-state index in [2.05, 4.69) is 9.47 Å². The third-order valence-electron chi connectivity index (χ3n) is 1.15. The summed E-state index contributed by atoms with van der Waals surface area (Å²) in [5.41, 5.74) is 0. The van der Waals surface area contributed by atoms with Gasteiger partial charge in [0.05, 0.1) is 0 Å². The molecule has 0 saturated carbocycles. The molecule has 0 aliphatic carbocycles. The summed E-state index contributed by atoms with van der Waals surface area (Å²) in [5, 5.41) is 17.5. The second kappa shape index (κ2) is 2.88. The Morgan fingerprint density at radius 2 is 1.25 bits per heavy atom. The van der Waals surface area contributed by atoms with Crippen LogP contribution < -0.4 is 0 Å². The van der Waals surface area contributed by atoms with E-state index in [-0.39, 0.29) is 0 Å². The van der Waals surface area contributed by atoms with E-state index in [0.29, 0.717) is 0 Å². The van der Waals surface area contributed by atoms with Gasteiger partial charge in [0.1, 0.15) is 0 Å². The van der Waals surface area contributed by atoms with Gasteiger partial charge in [0.2, 0.25) is 0 Å². The molecule has 66 valence electrons. The van der Waals surface area contributed by atoms with Crippen LogP contribution in [0.1, 0.15) is 0 Å². The van der Waals surface area contributed by atoms with E-state index in [9.17, 15) is 14.4 Å². The van der Waals surface area contributed by atoms with Gasteiger partial charge in [-0.2, -0.15) is 0 Å². The first-order valence-corrected chi connectivity index (χ1v) is 2.86. The lowest BCUT2D eigenvalue weighted by molar-refractivity contribution is -0.156. The van der Waals surface area contributed by atoms with Crippen molar-refractivity contribution in [3.63, 3.8) is 0 Å². The minimum absolute atomic E-state index is 1.42. The molecule has 1 aliphatic rings. The normalized spacial score (nSPS) is 30.7. The molecule has 0 amide bonds. The Balaban J connectivity index is 2.87. The summed E-state index contributed by atoms with van der Waals surface area (Å²) < 4.78 is 7.47. The van der Waals surface area contributed by atoms with E-state index in [1.807, 2.05) is 0 Å². The fraction of sp³-hybridized carbons (Fsp3) is 0.400. The highest BCUT2D eigenvalue weighted by molar-refractivity contribution is 5.97. The number of hydrogen-bond acceptors (Lipinski definition) is 7. The molecular formula is C5H4O7. The summed E-state index contributed by atoms with van der Waals surface area (Å²) in [5.74, 6) is -2.84. The molecule has 0 aromatic heterocycles. The Morgan fingerprint density at radius 1 is 0.917 bits per heavy atom. The first kappa shape index (κ1) is 8.62. The number of carbonyl (C=O) groups is 3. The number of esters is 2. The topological polar surface area (TPSA) is 110 Å². The monoisotopic (exact) mass is 176 g/mol. The Kier molecular flexibility index (Phi) is 2.07. The van der Waals surface area contributed by atoms with Gasteiger partial charge in [0.15, 0.2) is 12.2 Å². The predicted octanol–water partition coefficient (Wildman–Crippen LogP) is -2.07. The number of hydrogen-bond donors (Lipinski definition) is 2. The largest absolute Gasteiger partial charge is 0.524 e. The standard InChI is InChI=1S/C5H4O7/c6-1-2(7)4(9)12-5(10)11-3(1)8/h1-2,6-7H. The highest BCUT2D eigenvalue weighted by atomic mass is 16.8. The maximum absolute atomic E-state index is 10.5. The molecule has 2 N–H and O–H groups in total. The summed E-state index contributed by atoms with van der Waals surface area (Å²) in [4.78, 5) is 31.3. The van der Waals surface area contributed by atoms with Gasteiger partial charge in [0.25, 0.3) is 0 Å². The van der Waals surface area contributed by atoms with Crippen molar-refractivity contribution in [3.8, 4) is 0 Å². The van der Waals surface area contributed by atoms with Gasteiger partial charge in [0, 0.05) is 0 Å². The quantitative estimate of drug-likeness (QED) is 0.322. The van der Waals surface area contributed by atoms with Gasteiger partial charge in [-0.3, -0.25) is 0 Å². The van der Waals surface area contributed by atoms with Crippen LogP contribution in [0.15, 0.2) is 0 Å². The number of carbonyl (C=O) groups excluding carboxylic acids is 3. The molecule has 12 heavy (non-hydrogen) atoms. The lowest BCUT2D eigenvalue weighted by Crippen LogP contribution is -2.38. The van der Waals surface area contributed by atoms with Crippen LogP contribution in [0.4, 0.5) is 4.79 Å². The van der Waals surface area contributed by atoms with Crippen molar-refractivity contribution in [1.29, 1.82) is 0 Å². The van der Waals surface area contributed by atoms with Crippen LogP contribution in [-0.4, -0.2) is 40.5 Å². The molecule has 0 aromatic carbocycles. The van der Waals surface area contributed by atoms with E-state index < -0.39 is 30.3 Å². The van der Waals surface area contributed by atoms with Gasteiger partial charge >= 0.3 is 18.1 Å². The van der Waals surface area contributed by atoms with Crippen LogP contribution >= 0.6 is 0 Å². The molecule has 0 aromatic rings. The Hall–Kier alpha value is -1.47. The highest BCUT2D eigenvalue weighted by Gasteiger charge is 2.39. The average molecular weight is 176 g/mol. The van der Waals surface area contributed by atoms with E-state index in [4.69, 9.17) is 10.2 Å². The van der Waals surface area contributed by atoms with Crippen molar-refractivity contribution < 1.29 is 34.1 Å². The molecule has 7 heteroatoms. The smallest absolute Gasteiger partial charge is 0.379 e. The maximum Gasteiger partial charge on any atom is 0.524 e. The van der Waals surface area contributed by atoms with Crippen molar-refractivity contribution in [2.24, 2.45) is 0 Å². The fourth-order valence-corrected chi connectivity index (χ4v) is 0.564. The van der Waals surface area contributed by atoms with Crippen molar-refractivity contribution in [2.45, 2.75) is 12.2 Å². The van der Waals surface area contributed by atoms with Crippen molar-refractivity contribution in [1.82, 2.24) is 0 Å². The summed E-state index contributed by atoms with van der Waals surface area (Å²) >= 11 is 0. The Labute approximate surface area is 65.5 Å². The molecule has 1 rings (SSSR count). The molecule has 0 spiro atoms. The van der Waals surface area contributed by atoms with Crippen molar-refractivity contribution in [3.05, 3.63) is 0 Å². The third-order valence-corrected chi connectivity index (χ3v) is 1.15. The zero-order valence-electron chi connectivity index (χ0n) is 5.59. The second-order valence-corrected chi connectivity index (χ2v) is 1.98. The number of ether oxygens (including phenoxy) is 2. The van der Waals surface area contributed by atoms with Crippen LogP contribution in [0.3, 0.4) is 0 Å². The molecule has 1 heterocycles. The summed E-state index contributed by atoms with van der Waals surface area (Å²) in [6, 6.07) is 0. The van der Waals surface area contributed by atoms with E-state index in [0.717, 1.165) is 0 Å². The molecule has 0 radical (unpaired) electrons. The molecule has 1 saturated heterocycles. The van der Waals surface area contributed by atoms with E-state index in [1.165, 1.54) is 0 Å². The molecule has 2 unspecified atom stereocenters. The molecule has 7 nitrogen and oxygen atoms in total. The fourth-order valence-electron chi connectivity index (χ4n) is 0.564. The molecular weight excluding hydrogens is 172 g/mol. The zero-order valence-corrected chi connectivity index (χ0v) is 5.59. The molecule has 2 atom stereocenters. The third kappa shape index (κ3) is 1.41. The SMILES string of the molecule is O=C1OC(=O)C(O)C(O)C(=O)O1. The number of rotatable bonds is 0. The van der Waals surface area contributed by atoms with Gasteiger partial charge in [-0.05, 0) is 0 Å². The van der Waals surface area contributed by atoms with Crippen molar-refractivity contribution in [2.75, 3.05) is 0 Å². The molecule has 1 fully saturated rings. The summed E-state index contributed by atoms with van der Waals surface area (Å²) in [6.45, 7) is 0. The molecule has 1 aliphatic heterocycles. The number of aliphatic hydroxyl groups is 2. The minimum atomic E-state index is -2.08. The molecule has 0 bridgehead atoms. The second-order valence-electron chi connectivity index (χ2n) is 1.98. The van der Waals surface area contributed by atoms with Crippen LogP contribution in [0, 0.1) is 0 Å². The van der Waals surface area contributed by atoms with Gasteiger partial charge in [-0.15, -0.1) is 0 Å². The highest BCUT2D eigenvalue weighted by Crippen LogP contribution is 2.06. The Bertz CT molecular complexity index is 220. The maximum atomic E-state index is 10.5. The van der Waals surface area contributed by atoms with Gasteiger partial charge in [-0.25, -0.2) is 14.4 Å². The predicted molar refractivity (Wildman–Crippen MR) is 29.6 cm³/mol. The van der Waals surface area contributed by atoms with E-state index >= 15 is 0 Å². The van der Waals surface area contributed by atoms with Crippen LogP contribution in [0.5, 0.6) is 0 Å². The first-order chi connectivity index (χ1) is 5.52. The average Bonchev–Trinajstić information content (AvgIpc) is 2.05. The number of cyclic esters (lactones) is 4. The lowest BCUT2D eigenvalue weighted by atomic mass is 10.2. The van der Waals surface area contributed by atoms with Crippen LogP contribution in [0.25, 0.3) is 0 Å². The van der Waals surface area contributed by atoms with E-state index in [1.54, 1.807) is 0 Å². The number of aliphatic hydroxyl groups excluding tert-OH is 2. The zero-order chi connectivity index (χ0) is 9.30.